The van der Waals surface area contributed by atoms with Gasteiger partial charge in [-0.1, -0.05) is 52.3 Å². The van der Waals surface area contributed by atoms with E-state index in [0.29, 0.717) is 27.4 Å². The number of fused-ring (bicyclic) bond motifs is 1. The molecule has 1 saturated heterocycles. The van der Waals surface area contributed by atoms with Gasteiger partial charge in [-0.2, -0.15) is 0 Å². The molecule has 0 aliphatic carbocycles. The lowest BCUT2D eigenvalue weighted by molar-refractivity contribution is -0.149. The smallest absolute Gasteiger partial charge is 0.344 e. The van der Waals surface area contributed by atoms with Crippen molar-refractivity contribution in [3.8, 4) is 5.75 Å². The molecule has 0 radical (unpaired) electrons. The van der Waals surface area contributed by atoms with E-state index in [2.05, 4.69) is 15.9 Å². The molecule has 178 valence electrons. The number of carbonyl (C=O) groups excluding carboxylic acids is 4. The second-order valence-corrected chi connectivity index (χ2v) is 9.81. The lowest BCUT2D eigenvalue weighted by atomic mass is 10.0. The van der Waals surface area contributed by atoms with E-state index >= 15 is 0 Å². The highest BCUT2D eigenvalue weighted by molar-refractivity contribution is 9.10. The number of carbonyl (C=O) groups is 4. The lowest BCUT2D eigenvalue weighted by Gasteiger charge is -2.13. The van der Waals surface area contributed by atoms with Gasteiger partial charge in [-0.25, -0.2) is 4.79 Å². The third kappa shape index (κ3) is 5.63. The van der Waals surface area contributed by atoms with Gasteiger partial charge in [0.2, 0.25) is 0 Å². The van der Waals surface area contributed by atoms with Crippen molar-refractivity contribution in [3.05, 3.63) is 81.2 Å². The first-order valence-corrected chi connectivity index (χ1v) is 12.3. The number of halogens is 1. The second-order valence-electron chi connectivity index (χ2n) is 7.90. The van der Waals surface area contributed by atoms with Crippen molar-refractivity contribution >= 4 is 67.6 Å². The van der Waals surface area contributed by atoms with Gasteiger partial charge in [0.1, 0.15) is 12.3 Å². The summed E-state index contributed by atoms with van der Waals surface area (Å²) in [7, 11) is 0. The summed E-state index contributed by atoms with van der Waals surface area (Å²) in [4.78, 5) is 51.1. The maximum absolute atomic E-state index is 13.0. The quantitative estimate of drug-likeness (QED) is 0.216. The Kier molecular flexibility index (Phi) is 7.37. The van der Waals surface area contributed by atoms with Crippen molar-refractivity contribution in [3.63, 3.8) is 0 Å². The number of imide groups is 1. The Morgan fingerprint density at radius 1 is 1.06 bits per heavy atom. The zero-order valence-electron chi connectivity index (χ0n) is 18.8. The Bertz CT molecular complexity index is 1380. The molecular weight excluding hydrogens is 534 g/mol. The number of ether oxygens (including phenoxy) is 2. The molecule has 0 aromatic heterocycles. The van der Waals surface area contributed by atoms with E-state index in [4.69, 9.17) is 9.47 Å². The van der Waals surface area contributed by atoms with Crippen molar-refractivity contribution < 1.29 is 28.7 Å². The number of esters is 2. The molecular formula is C26H20BrNO6S. The Labute approximate surface area is 214 Å². The van der Waals surface area contributed by atoms with E-state index in [-0.39, 0.29) is 16.8 Å². The molecule has 0 spiro atoms. The summed E-state index contributed by atoms with van der Waals surface area (Å²) in [6, 6.07) is 17.8. The Hall–Kier alpha value is -3.43. The van der Waals surface area contributed by atoms with Gasteiger partial charge >= 0.3 is 11.9 Å². The van der Waals surface area contributed by atoms with Crippen molar-refractivity contribution in [1.29, 1.82) is 0 Å². The SMILES string of the molecule is CC(C)OC(=O)CN1C(=O)S/C(=C\c2cc(Br)ccc2OC(=O)c2cccc3ccccc23)C1=O. The molecule has 3 aromatic rings. The number of rotatable bonds is 6. The van der Waals surface area contributed by atoms with E-state index in [0.717, 1.165) is 15.7 Å². The fourth-order valence-electron chi connectivity index (χ4n) is 3.49. The first kappa shape index (κ1) is 24.7. The first-order chi connectivity index (χ1) is 16.7. The van der Waals surface area contributed by atoms with Crippen molar-refractivity contribution in [2.24, 2.45) is 0 Å². The number of benzene rings is 3. The van der Waals surface area contributed by atoms with Crippen molar-refractivity contribution in [2.45, 2.75) is 20.0 Å². The average Bonchev–Trinajstić information content (AvgIpc) is 3.07. The minimum Gasteiger partial charge on any atom is -0.462 e. The van der Waals surface area contributed by atoms with Crippen LogP contribution in [-0.4, -0.2) is 40.6 Å². The Balaban J connectivity index is 1.60. The van der Waals surface area contributed by atoms with Gasteiger partial charge in [0.25, 0.3) is 11.1 Å². The van der Waals surface area contributed by atoms with Crippen LogP contribution >= 0.6 is 27.7 Å². The number of hydrogen-bond acceptors (Lipinski definition) is 7. The number of thioether (sulfide) groups is 1. The third-order valence-corrected chi connectivity index (χ3v) is 6.40. The van der Waals surface area contributed by atoms with Gasteiger partial charge < -0.3 is 9.47 Å². The number of nitrogens with zero attached hydrogens (tertiary/aromatic N) is 1. The Morgan fingerprint density at radius 3 is 2.57 bits per heavy atom. The van der Waals surface area contributed by atoms with E-state index in [1.54, 1.807) is 44.2 Å². The van der Waals surface area contributed by atoms with Crippen LogP contribution in [0.2, 0.25) is 0 Å². The van der Waals surface area contributed by atoms with Crippen LogP contribution in [0.25, 0.3) is 16.8 Å². The molecule has 0 N–H and O–H groups in total. The summed E-state index contributed by atoms with van der Waals surface area (Å²) in [6.07, 6.45) is 1.11. The van der Waals surface area contributed by atoms with Gasteiger partial charge in [-0.15, -0.1) is 0 Å². The molecule has 1 aliphatic heterocycles. The predicted molar refractivity (Wildman–Crippen MR) is 137 cm³/mol. The largest absolute Gasteiger partial charge is 0.462 e. The molecule has 0 saturated carbocycles. The van der Waals surface area contributed by atoms with Gasteiger partial charge in [0.15, 0.2) is 0 Å². The van der Waals surface area contributed by atoms with Gasteiger partial charge in [-0.3, -0.25) is 19.3 Å². The molecule has 7 nitrogen and oxygen atoms in total. The summed E-state index contributed by atoms with van der Waals surface area (Å²) in [5, 5.41) is 1.09. The topological polar surface area (TPSA) is 90.0 Å². The van der Waals surface area contributed by atoms with Crippen LogP contribution in [0.1, 0.15) is 29.8 Å². The lowest BCUT2D eigenvalue weighted by Crippen LogP contribution is -2.35. The minimum atomic E-state index is -0.671. The normalized spacial score (nSPS) is 14.7. The molecule has 1 aliphatic rings. The second kappa shape index (κ2) is 10.5. The van der Waals surface area contributed by atoms with E-state index in [9.17, 15) is 19.2 Å². The highest BCUT2D eigenvalue weighted by Gasteiger charge is 2.37. The summed E-state index contributed by atoms with van der Waals surface area (Å²) in [5.41, 5.74) is 0.823. The maximum atomic E-state index is 13.0. The molecule has 1 fully saturated rings. The first-order valence-electron chi connectivity index (χ1n) is 10.7. The van der Waals surface area contributed by atoms with Crippen LogP contribution in [-0.2, 0) is 14.3 Å². The van der Waals surface area contributed by atoms with E-state index < -0.39 is 29.6 Å². The highest BCUT2D eigenvalue weighted by atomic mass is 79.9. The molecule has 1 heterocycles. The molecule has 2 amide bonds. The van der Waals surface area contributed by atoms with Crippen LogP contribution in [0.15, 0.2) is 70.0 Å². The van der Waals surface area contributed by atoms with Crippen LogP contribution in [0.5, 0.6) is 5.75 Å². The summed E-state index contributed by atoms with van der Waals surface area (Å²) in [6.45, 7) is 2.89. The molecule has 9 heteroatoms. The molecule has 4 rings (SSSR count). The molecule has 0 unspecified atom stereocenters. The molecule has 0 bridgehead atoms. The number of amides is 2. The van der Waals surface area contributed by atoms with Crippen LogP contribution in [0.4, 0.5) is 4.79 Å². The zero-order chi connectivity index (χ0) is 25.1. The molecule has 35 heavy (non-hydrogen) atoms. The minimum absolute atomic E-state index is 0.105. The summed E-state index contributed by atoms with van der Waals surface area (Å²) in [5.74, 6) is -1.62. The molecule has 3 aromatic carbocycles. The van der Waals surface area contributed by atoms with Crippen molar-refractivity contribution in [2.75, 3.05) is 6.54 Å². The van der Waals surface area contributed by atoms with Crippen molar-refractivity contribution in [1.82, 2.24) is 4.90 Å². The third-order valence-electron chi connectivity index (χ3n) is 5.00. The summed E-state index contributed by atoms with van der Waals surface area (Å²) < 4.78 is 11.4. The van der Waals surface area contributed by atoms with E-state index in [1.165, 1.54) is 6.08 Å². The fraction of sp³-hybridized carbons (Fsp3) is 0.154. The predicted octanol–water partition coefficient (Wildman–Crippen LogP) is 5.81. The molecule has 0 atom stereocenters. The van der Waals surface area contributed by atoms with Crippen LogP contribution in [0.3, 0.4) is 0 Å². The highest BCUT2D eigenvalue weighted by Crippen LogP contribution is 2.35. The standard InChI is InChI=1S/C26H20BrNO6S/c1-15(2)33-23(29)14-28-24(30)22(35-26(28)32)13-17-12-18(27)10-11-21(17)34-25(31)20-9-5-7-16-6-3-4-8-19(16)20/h3-13,15H,14H2,1-2H3/b22-13-. The van der Waals surface area contributed by atoms with Gasteiger partial charge in [0, 0.05) is 10.0 Å². The Morgan fingerprint density at radius 2 is 1.80 bits per heavy atom. The fourth-order valence-corrected chi connectivity index (χ4v) is 4.70. The maximum Gasteiger partial charge on any atom is 0.344 e. The number of hydrogen-bond donors (Lipinski definition) is 0. The van der Waals surface area contributed by atoms with Crippen LogP contribution < -0.4 is 4.74 Å². The van der Waals surface area contributed by atoms with Gasteiger partial charge in [0.05, 0.1) is 16.6 Å². The monoisotopic (exact) mass is 553 g/mol. The van der Waals surface area contributed by atoms with Crippen LogP contribution in [0, 0.1) is 0 Å². The average molecular weight is 554 g/mol. The van der Waals surface area contributed by atoms with Gasteiger partial charge in [-0.05, 0) is 66.7 Å². The summed E-state index contributed by atoms with van der Waals surface area (Å²) >= 11 is 4.09. The zero-order valence-corrected chi connectivity index (χ0v) is 21.2. The van der Waals surface area contributed by atoms with E-state index in [1.807, 2.05) is 30.3 Å².